The summed E-state index contributed by atoms with van der Waals surface area (Å²) in [7, 11) is 0. The highest BCUT2D eigenvalue weighted by atomic mass is 16.6. The number of aliphatic hydroxyl groups excluding tert-OH is 1. The zero-order valence-corrected chi connectivity index (χ0v) is 21.1. The molecule has 0 saturated heterocycles. The van der Waals surface area contributed by atoms with Gasteiger partial charge in [-0.05, 0) is 43.9 Å². The normalized spacial score (nSPS) is 25.3. The first-order valence-electron chi connectivity index (χ1n) is 11.0. The fourth-order valence-electron chi connectivity index (χ4n) is 4.52. The highest BCUT2D eigenvalue weighted by Crippen LogP contribution is 2.50. The second kappa shape index (κ2) is 8.43. The standard InChI is InChI=1S/C25H45NO3/c1-14(2)16-17(15(3)4)20(27)18(21(28)19(16)23(5,6)7)22(24(8,9)10)26-29-25(11,12)13/h14-17,19,27H,1-13H3/b26-22-. The molecule has 0 aromatic heterocycles. The van der Waals surface area contributed by atoms with Crippen LogP contribution in [0.2, 0.25) is 0 Å². The molecule has 4 nitrogen and oxygen atoms in total. The largest absolute Gasteiger partial charge is 0.511 e. The lowest BCUT2D eigenvalue weighted by Gasteiger charge is -2.47. The molecule has 0 radical (unpaired) electrons. The molecule has 3 atom stereocenters. The van der Waals surface area contributed by atoms with E-state index < -0.39 is 11.0 Å². The first kappa shape index (κ1) is 25.7. The van der Waals surface area contributed by atoms with Gasteiger partial charge in [0.25, 0.3) is 0 Å². The van der Waals surface area contributed by atoms with E-state index in [9.17, 15) is 9.90 Å². The van der Waals surface area contributed by atoms with Gasteiger partial charge in [-0.2, -0.15) is 0 Å². The zero-order chi connectivity index (χ0) is 23.1. The molecule has 1 aliphatic carbocycles. The number of aliphatic hydroxyl groups is 1. The fraction of sp³-hybridized carbons (Fsp3) is 0.840. The molecule has 29 heavy (non-hydrogen) atoms. The highest BCUT2D eigenvalue weighted by molar-refractivity contribution is 6.25. The summed E-state index contributed by atoms with van der Waals surface area (Å²) in [6.07, 6.45) is 0. The molecule has 0 heterocycles. The summed E-state index contributed by atoms with van der Waals surface area (Å²) in [5.74, 6) is 0.473. The maximum Gasteiger partial charge on any atom is 0.172 e. The van der Waals surface area contributed by atoms with Crippen LogP contribution in [-0.4, -0.2) is 22.2 Å². The number of carbonyl (C=O) groups excluding carboxylic acids is 1. The smallest absolute Gasteiger partial charge is 0.172 e. The lowest BCUT2D eigenvalue weighted by atomic mass is 9.56. The number of ketones is 1. The molecular formula is C25H45NO3. The van der Waals surface area contributed by atoms with Crippen LogP contribution in [0, 0.1) is 40.4 Å². The van der Waals surface area contributed by atoms with Crippen LogP contribution in [0.15, 0.2) is 16.5 Å². The molecule has 1 rings (SSSR count). The van der Waals surface area contributed by atoms with Crippen molar-refractivity contribution in [3.63, 3.8) is 0 Å². The third-order valence-electron chi connectivity index (χ3n) is 5.68. The van der Waals surface area contributed by atoms with Crippen LogP contribution in [0.4, 0.5) is 0 Å². The number of nitrogens with zero attached hydrogens (tertiary/aromatic N) is 1. The third kappa shape index (κ3) is 5.86. The Kier molecular flexibility index (Phi) is 7.48. The van der Waals surface area contributed by atoms with Crippen LogP contribution in [0.5, 0.6) is 0 Å². The summed E-state index contributed by atoms with van der Waals surface area (Å²) in [4.78, 5) is 19.7. The number of Topliss-reactive ketones (excluding diaryl/α,β-unsaturated/α-hetero) is 1. The minimum absolute atomic E-state index is 0.00298. The summed E-state index contributed by atoms with van der Waals surface area (Å²) >= 11 is 0. The van der Waals surface area contributed by atoms with Gasteiger partial charge in [0.05, 0.1) is 11.3 Å². The van der Waals surface area contributed by atoms with Gasteiger partial charge in [0.15, 0.2) is 5.78 Å². The molecule has 4 heteroatoms. The predicted molar refractivity (Wildman–Crippen MR) is 122 cm³/mol. The van der Waals surface area contributed by atoms with E-state index in [4.69, 9.17) is 4.84 Å². The van der Waals surface area contributed by atoms with E-state index in [1.165, 1.54) is 0 Å². The van der Waals surface area contributed by atoms with Gasteiger partial charge in [-0.25, -0.2) is 0 Å². The maximum atomic E-state index is 13.9. The number of rotatable bonds is 4. The maximum absolute atomic E-state index is 13.9. The minimum Gasteiger partial charge on any atom is -0.511 e. The van der Waals surface area contributed by atoms with E-state index in [0.29, 0.717) is 11.3 Å². The topological polar surface area (TPSA) is 58.9 Å². The molecule has 0 aliphatic heterocycles. The molecule has 0 fully saturated rings. The van der Waals surface area contributed by atoms with Crippen LogP contribution in [0.1, 0.15) is 90.0 Å². The van der Waals surface area contributed by atoms with Gasteiger partial charge in [-0.15, -0.1) is 0 Å². The van der Waals surface area contributed by atoms with Crippen molar-refractivity contribution in [3.8, 4) is 0 Å². The van der Waals surface area contributed by atoms with Gasteiger partial charge < -0.3 is 9.94 Å². The second-order valence-corrected chi connectivity index (χ2v) is 12.5. The lowest BCUT2D eigenvalue weighted by Crippen LogP contribution is -2.49. The van der Waals surface area contributed by atoms with E-state index in [2.05, 4.69) is 53.6 Å². The van der Waals surface area contributed by atoms with Gasteiger partial charge in [0.1, 0.15) is 11.4 Å². The summed E-state index contributed by atoms with van der Waals surface area (Å²) in [5.41, 5.74) is -0.238. The average molecular weight is 408 g/mol. The van der Waals surface area contributed by atoms with Crippen molar-refractivity contribution < 1.29 is 14.7 Å². The summed E-state index contributed by atoms with van der Waals surface area (Å²) in [6.45, 7) is 26.8. The first-order chi connectivity index (χ1) is 12.8. The molecule has 1 N–H and O–H groups in total. The Balaban J connectivity index is 3.86. The number of hydrogen-bond donors (Lipinski definition) is 1. The average Bonchev–Trinajstić information content (AvgIpc) is 2.45. The van der Waals surface area contributed by atoms with Crippen LogP contribution in [-0.2, 0) is 9.63 Å². The van der Waals surface area contributed by atoms with Gasteiger partial charge in [0.2, 0.25) is 0 Å². The monoisotopic (exact) mass is 407 g/mol. The lowest BCUT2D eigenvalue weighted by molar-refractivity contribution is -0.129. The van der Waals surface area contributed by atoms with Gasteiger partial charge in [-0.1, -0.05) is 74.4 Å². The third-order valence-corrected chi connectivity index (χ3v) is 5.68. The number of carbonyl (C=O) groups is 1. The van der Waals surface area contributed by atoms with Crippen LogP contribution < -0.4 is 0 Å². The molecule has 1 aliphatic rings. The first-order valence-corrected chi connectivity index (χ1v) is 11.0. The Labute approximate surface area is 179 Å². The molecule has 0 spiro atoms. The summed E-state index contributed by atoms with van der Waals surface area (Å²) in [5, 5.41) is 15.9. The second-order valence-electron chi connectivity index (χ2n) is 12.5. The van der Waals surface area contributed by atoms with Crippen molar-refractivity contribution in [2.45, 2.75) is 95.6 Å². The van der Waals surface area contributed by atoms with Crippen molar-refractivity contribution in [1.29, 1.82) is 0 Å². The quantitative estimate of drug-likeness (QED) is 0.411. The van der Waals surface area contributed by atoms with Crippen LogP contribution in [0.25, 0.3) is 0 Å². The number of allylic oxidation sites excluding steroid dienone is 2. The van der Waals surface area contributed by atoms with Crippen LogP contribution in [0.3, 0.4) is 0 Å². The van der Waals surface area contributed by atoms with Crippen molar-refractivity contribution in [2.75, 3.05) is 0 Å². The molecule has 0 amide bonds. The Morgan fingerprint density at radius 3 is 1.72 bits per heavy atom. The van der Waals surface area contributed by atoms with Crippen molar-refractivity contribution in [2.24, 2.45) is 45.6 Å². The highest BCUT2D eigenvalue weighted by Gasteiger charge is 2.52. The summed E-state index contributed by atoms with van der Waals surface area (Å²) in [6, 6.07) is 0. The molecule has 0 aromatic carbocycles. The molecule has 0 bridgehead atoms. The molecule has 0 aromatic rings. The fourth-order valence-corrected chi connectivity index (χ4v) is 4.52. The van der Waals surface area contributed by atoms with E-state index in [1.807, 2.05) is 41.5 Å². The van der Waals surface area contributed by atoms with Gasteiger partial charge in [-0.3, -0.25) is 4.79 Å². The van der Waals surface area contributed by atoms with Crippen molar-refractivity contribution in [1.82, 2.24) is 0 Å². The molecular weight excluding hydrogens is 362 g/mol. The Morgan fingerprint density at radius 1 is 0.931 bits per heavy atom. The zero-order valence-electron chi connectivity index (χ0n) is 21.1. The Hall–Kier alpha value is -1.32. The van der Waals surface area contributed by atoms with Crippen molar-refractivity contribution in [3.05, 3.63) is 11.3 Å². The van der Waals surface area contributed by atoms with E-state index in [1.54, 1.807) is 0 Å². The molecule has 0 saturated carbocycles. The van der Waals surface area contributed by atoms with Crippen LogP contribution >= 0.6 is 0 Å². The SMILES string of the molecule is CC(C)C1C(O)=C(/C(=N/OC(C)(C)C)C(C)(C)C)C(=O)C(C(C)(C)C)C1C(C)C. The van der Waals surface area contributed by atoms with Gasteiger partial charge in [0, 0.05) is 17.3 Å². The van der Waals surface area contributed by atoms with E-state index in [-0.39, 0.29) is 46.5 Å². The minimum atomic E-state index is -0.480. The van der Waals surface area contributed by atoms with E-state index >= 15 is 0 Å². The van der Waals surface area contributed by atoms with Gasteiger partial charge >= 0.3 is 0 Å². The Morgan fingerprint density at radius 2 is 1.41 bits per heavy atom. The van der Waals surface area contributed by atoms with Crippen molar-refractivity contribution >= 4 is 11.5 Å². The predicted octanol–water partition coefficient (Wildman–Crippen LogP) is 6.81. The summed E-state index contributed by atoms with van der Waals surface area (Å²) < 4.78 is 0. The number of oxime groups is 1. The number of hydrogen-bond acceptors (Lipinski definition) is 4. The Bertz CT molecular complexity index is 664. The van der Waals surface area contributed by atoms with E-state index in [0.717, 1.165) is 0 Å². The molecule has 3 unspecified atom stereocenters. The molecule has 168 valence electrons.